The number of fused-ring (bicyclic) bond motifs is 1. The number of halogens is 1. The number of benzene rings is 2. The van der Waals surface area contributed by atoms with Crippen molar-refractivity contribution < 1.29 is 9.18 Å². The summed E-state index contributed by atoms with van der Waals surface area (Å²) in [5.41, 5.74) is 1.76. The van der Waals surface area contributed by atoms with Gasteiger partial charge in [-0.3, -0.25) is 4.79 Å². The summed E-state index contributed by atoms with van der Waals surface area (Å²) in [6.07, 6.45) is 1.89. The minimum Gasteiger partial charge on any atom is -0.352 e. The zero-order chi connectivity index (χ0) is 17.9. The first-order chi connectivity index (χ1) is 12.7. The predicted molar refractivity (Wildman–Crippen MR) is 98.4 cm³/mol. The van der Waals surface area contributed by atoms with Crippen molar-refractivity contribution in [1.29, 1.82) is 0 Å². The molecule has 1 amide bonds. The summed E-state index contributed by atoms with van der Waals surface area (Å²) in [5, 5.41) is 1.03. The van der Waals surface area contributed by atoms with Crippen LogP contribution in [-0.4, -0.2) is 47.0 Å². The summed E-state index contributed by atoms with van der Waals surface area (Å²) in [7, 11) is 0. The summed E-state index contributed by atoms with van der Waals surface area (Å²) in [6, 6.07) is 14.1. The van der Waals surface area contributed by atoms with Gasteiger partial charge >= 0.3 is 0 Å². The maximum atomic E-state index is 13.0. The Labute approximate surface area is 151 Å². The zero-order valence-corrected chi connectivity index (χ0v) is 14.3. The van der Waals surface area contributed by atoms with Crippen LogP contribution in [0.5, 0.6) is 0 Å². The minimum atomic E-state index is -0.285. The van der Waals surface area contributed by atoms with Gasteiger partial charge in [0.25, 0.3) is 0 Å². The Bertz CT molecular complexity index is 915. The molecule has 2 aromatic carbocycles. The predicted octanol–water partition coefficient (Wildman–Crippen LogP) is 2.66. The van der Waals surface area contributed by atoms with Crippen LogP contribution in [0, 0.1) is 5.82 Å². The molecule has 0 N–H and O–H groups in total. The quantitative estimate of drug-likeness (QED) is 0.729. The van der Waals surface area contributed by atoms with Crippen LogP contribution in [0.15, 0.2) is 54.9 Å². The van der Waals surface area contributed by atoms with Crippen LogP contribution in [0.2, 0.25) is 0 Å². The molecule has 1 aliphatic rings. The summed E-state index contributed by atoms with van der Waals surface area (Å²) in [5.74, 6) is 0.705. The average Bonchev–Trinajstić information content (AvgIpc) is 2.69. The third kappa shape index (κ3) is 3.35. The van der Waals surface area contributed by atoms with E-state index >= 15 is 0 Å². The Morgan fingerprint density at radius 2 is 1.69 bits per heavy atom. The lowest BCUT2D eigenvalue weighted by Gasteiger charge is -2.35. The zero-order valence-electron chi connectivity index (χ0n) is 14.3. The Morgan fingerprint density at radius 1 is 0.962 bits per heavy atom. The van der Waals surface area contributed by atoms with Gasteiger partial charge in [0.15, 0.2) is 0 Å². The molecule has 0 spiro atoms. The van der Waals surface area contributed by atoms with Crippen molar-refractivity contribution >= 4 is 22.6 Å². The van der Waals surface area contributed by atoms with E-state index < -0.39 is 0 Å². The van der Waals surface area contributed by atoms with Gasteiger partial charge in [-0.1, -0.05) is 24.3 Å². The third-order valence-corrected chi connectivity index (χ3v) is 4.72. The molecule has 1 aromatic heterocycles. The molecular formula is C20H19FN4O. The molecule has 0 saturated carbocycles. The third-order valence-electron chi connectivity index (χ3n) is 4.72. The Balaban J connectivity index is 1.42. The van der Waals surface area contributed by atoms with Crippen molar-refractivity contribution in [2.75, 3.05) is 31.1 Å². The molecule has 26 heavy (non-hydrogen) atoms. The van der Waals surface area contributed by atoms with Crippen molar-refractivity contribution in [2.45, 2.75) is 6.42 Å². The molecule has 0 aliphatic carbocycles. The number of nitrogens with zero attached hydrogens (tertiary/aromatic N) is 4. The average molecular weight is 350 g/mol. The SMILES string of the molecule is O=C(Cc1ccc(F)cc1)N1CCN(c2ncnc3ccccc23)CC1. The second-order valence-electron chi connectivity index (χ2n) is 6.39. The normalized spacial score (nSPS) is 14.7. The molecule has 0 unspecified atom stereocenters. The monoisotopic (exact) mass is 350 g/mol. The van der Waals surface area contributed by atoms with Gasteiger partial charge in [0.1, 0.15) is 18.0 Å². The van der Waals surface area contributed by atoms with E-state index in [-0.39, 0.29) is 11.7 Å². The number of aromatic nitrogens is 2. The summed E-state index contributed by atoms with van der Waals surface area (Å²) in [6.45, 7) is 2.77. The molecule has 0 atom stereocenters. The van der Waals surface area contributed by atoms with Crippen LogP contribution in [0.3, 0.4) is 0 Å². The van der Waals surface area contributed by atoms with Gasteiger partial charge < -0.3 is 9.80 Å². The highest BCUT2D eigenvalue weighted by molar-refractivity contribution is 5.89. The number of hydrogen-bond acceptors (Lipinski definition) is 4. The highest BCUT2D eigenvalue weighted by Gasteiger charge is 2.23. The first-order valence-corrected chi connectivity index (χ1v) is 8.67. The summed E-state index contributed by atoms with van der Waals surface area (Å²) in [4.78, 5) is 25.3. The van der Waals surface area contributed by atoms with E-state index in [1.54, 1.807) is 18.5 Å². The number of carbonyl (C=O) groups excluding carboxylic acids is 1. The van der Waals surface area contributed by atoms with Crippen LogP contribution in [-0.2, 0) is 11.2 Å². The summed E-state index contributed by atoms with van der Waals surface area (Å²) >= 11 is 0. The van der Waals surface area contributed by atoms with Gasteiger partial charge in [-0.25, -0.2) is 14.4 Å². The van der Waals surface area contributed by atoms with E-state index in [0.29, 0.717) is 19.5 Å². The van der Waals surface area contributed by atoms with E-state index in [9.17, 15) is 9.18 Å². The fraction of sp³-hybridized carbons (Fsp3) is 0.250. The van der Waals surface area contributed by atoms with Crippen LogP contribution < -0.4 is 4.90 Å². The molecule has 132 valence electrons. The topological polar surface area (TPSA) is 49.3 Å². The van der Waals surface area contributed by atoms with E-state index in [2.05, 4.69) is 14.9 Å². The molecule has 1 aliphatic heterocycles. The number of anilines is 1. The van der Waals surface area contributed by atoms with Crippen molar-refractivity contribution in [3.05, 3.63) is 66.2 Å². The molecule has 1 saturated heterocycles. The molecule has 1 fully saturated rings. The number of para-hydroxylation sites is 1. The number of carbonyl (C=O) groups is 1. The Morgan fingerprint density at radius 3 is 2.46 bits per heavy atom. The van der Waals surface area contributed by atoms with Crippen LogP contribution >= 0.6 is 0 Å². The van der Waals surface area contributed by atoms with Gasteiger partial charge in [0, 0.05) is 31.6 Å². The van der Waals surface area contributed by atoms with E-state index in [4.69, 9.17) is 0 Å². The highest BCUT2D eigenvalue weighted by atomic mass is 19.1. The smallest absolute Gasteiger partial charge is 0.227 e. The van der Waals surface area contributed by atoms with Crippen molar-refractivity contribution in [2.24, 2.45) is 0 Å². The fourth-order valence-corrected chi connectivity index (χ4v) is 3.30. The molecule has 6 heteroatoms. The van der Waals surface area contributed by atoms with E-state index in [1.165, 1.54) is 12.1 Å². The summed E-state index contributed by atoms with van der Waals surface area (Å²) < 4.78 is 13.0. The van der Waals surface area contributed by atoms with Gasteiger partial charge in [-0.15, -0.1) is 0 Å². The van der Waals surface area contributed by atoms with Crippen LogP contribution in [0.1, 0.15) is 5.56 Å². The van der Waals surface area contributed by atoms with Crippen LogP contribution in [0.4, 0.5) is 10.2 Å². The maximum Gasteiger partial charge on any atom is 0.227 e. The molecule has 4 rings (SSSR count). The maximum absolute atomic E-state index is 13.0. The minimum absolute atomic E-state index is 0.0730. The molecule has 3 aromatic rings. The van der Waals surface area contributed by atoms with Crippen molar-refractivity contribution in [3.8, 4) is 0 Å². The lowest BCUT2D eigenvalue weighted by molar-refractivity contribution is -0.130. The number of hydrogen-bond donors (Lipinski definition) is 0. The molecule has 5 nitrogen and oxygen atoms in total. The van der Waals surface area contributed by atoms with Crippen molar-refractivity contribution in [1.82, 2.24) is 14.9 Å². The lowest BCUT2D eigenvalue weighted by atomic mass is 10.1. The van der Waals surface area contributed by atoms with Gasteiger partial charge in [0.2, 0.25) is 5.91 Å². The highest BCUT2D eigenvalue weighted by Crippen LogP contribution is 2.23. The first-order valence-electron chi connectivity index (χ1n) is 8.67. The van der Waals surface area contributed by atoms with Gasteiger partial charge in [-0.2, -0.15) is 0 Å². The second-order valence-corrected chi connectivity index (χ2v) is 6.39. The molecule has 0 bridgehead atoms. The van der Waals surface area contributed by atoms with Crippen molar-refractivity contribution in [3.63, 3.8) is 0 Å². The molecule has 0 radical (unpaired) electrons. The largest absolute Gasteiger partial charge is 0.352 e. The lowest BCUT2D eigenvalue weighted by Crippen LogP contribution is -2.49. The van der Waals surface area contributed by atoms with Gasteiger partial charge in [0.05, 0.1) is 11.9 Å². The molecule has 2 heterocycles. The van der Waals surface area contributed by atoms with E-state index in [0.717, 1.165) is 35.4 Å². The standard InChI is InChI=1S/C20H19FN4O/c21-16-7-5-15(6-8-16)13-19(26)24-9-11-25(12-10-24)20-17-3-1-2-4-18(17)22-14-23-20/h1-8,14H,9-13H2. The second kappa shape index (κ2) is 7.07. The number of piperazine rings is 1. The van der Waals surface area contributed by atoms with Crippen LogP contribution in [0.25, 0.3) is 10.9 Å². The number of amides is 1. The number of rotatable bonds is 3. The first kappa shape index (κ1) is 16.4. The Kier molecular flexibility index (Phi) is 4.48. The molecular weight excluding hydrogens is 331 g/mol. The van der Waals surface area contributed by atoms with E-state index in [1.807, 2.05) is 29.2 Å². The van der Waals surface area contributed by atoms with Gasteiger partial charge in [-0.05, 0) is 29.8 Å². The Hall–Kier alpha value is -3.02. The fourth-order valence-electron chi connectivity index (χ4n) is 3.30.